The number of hydrogen-bond donors (Lipinski definition) is 0. The van der Waals surface area contributed by atoms with Gasteiger partial charge in [0.05, 0.1) is 0 Å². The van der Waals surface area contributed by atoms with E-state index < -0.39 is 8.32 Å². The summed E-state index contributed by atoms with van der Waals surface area (Å²) in [5, 5.41) is 2.81. The van der Waals surface area contributed by atoms with Gasteiger partial charge in [-0.25, -0.2) is 0 Å². The van der Waals surface area contributed by atoms with Crippen LogP contribution in [-0.4, -0.2) is 14.9 Å². The van der Waals surface area contributed by atoms with Crippen molar-refractivity contribution in [3.8, 4) is 0 Å². The molecule has 0 unspecified atom stereocenters. The van der Waals surface area contributed by atoms with Crippen LogP contribution in [0.3, 0.4) is 0 Å². The minimum absolute atomic E-state index is 0.0393. The predicted molar refractivity (Wildman–Crippen MR) is 227 cm³/mol. The Kier molecular flexibility index (Phi) is 23.6. The summed E-state index contributed by atoms with van der Waals surface area (Å²) in [6.45, 7) is 20.2. The fourth-order valence-corrected chi connectivity index (χ4v) is 13.6. The SMILES string of the molecule is CCCCCCCCCCCCCCCCCCCC[C@@H](C)C[C@@H](C)C[C@@H](C)C[C@@H](C)CO[Si](c1ccccc1)(c1ccccc1)C(C)(C)C. The quantitative estimate of drug-likeness (QED) is 0.0581. The molecule has 50 heavy (non-hydrogen) atoms. The fourth-order valence-electron chi connectivity index (χ4n) is 8.86. The Morgan fingerprint density at radius 1 is 0.460 bits per heavy atom. The summed E-state index contributed by atoms with van der Waals surface area (Å²) in [5.74, 6) is 2.95. The third kappa shape index (κ3) is 17.9. The van der Waals surface area contributed by atoms with E-state index in [4.69, 9.17) is 4.43 Å². The molecule has 2 heteroatoms. The Morgan fingerprint density at radius 2 is 0.800 bits per heavy atom. The van der Waals surface area contributed by atoms with E-state index in [-0.39, 0.29) is 5.04 Å². The van der Waals surface area contributed by atoms with Crippen molar-refractivity contribution in [2.45, 2.75) is 202 Å². The third-order valence-corrected chi connectivity index (χ3v) is 16.5. The number of hydrogen-bond acceptors (Lipinski definition) is 1. The Balaban J connectivity index is 1.57. The van der Waals surface area contributed by atoms with E-state index in [1.807, 2.05) is 0 Å². The zero-order valence-corrected chi connectivity index (χ0v) is 35.8. The van der Waals surface area contributed by atoms with Crippen LogP contribution in [0.5, 0.6) is 0 Å². The number of unbranched alkanes of at least 4 members (excludes halogenated alkanes) is 17. The van der Waals surface area contributed by atoms with Crippen molar-refractivity contribution in [2.24, 2.45) is 23.7 Å². The van der Waals surface area contributed by atoms with E-state index in [0.717, 1.165) is 24.4 Å². The lowest BCUT2D eigenvalue weighted by Gasteiger charge is -2.43. The Labute approximate surface area is 314 Å². The highest BCUT2D eigenvalue weighted by Gasteiger charge is 2.50. The van der Waals surface area contributed by atoms with Crippen LogP contribution in [0, 0.1) is 23.7 Å². The average molecular weight is 705 g/mol. The topological polar surface area (TPSA) is 9.23 Å². The van der Waals surface area contributed by atoms with Crippen LogP contribution < -0.4 is 10.4 Å². The second kappa shape index (κ2) is 26.4. The van der Waals surface area contributed by atoms with E-state index in [9.17, 15) is 0 Å². The first kappa shape index (κ1) is 44.8. The van der Waals surface area contributed by atoms with Crippen molar-refractivity contribution >= 4 is 18.7 Å². The molecule has 2 aromatic rings. The lowest BCUT2D eigenvalue weighted by Crippen LogP contribution is -2.66. The van der Waals surface area contributed by atoms with Gasteiger partial charge >= 0.3 is 0 Å². The largest absolute Gasteiger partial charge is 0.407 e. The second-order valence-electron chi connectivity index (χ2n) is 17.9. The van der Waals surface area contributed by atoms with Crippen LogP contribution in [0.2, 0.25) is 5.04 Å². The van der Waals surface area contributed by atoms with Gasteiger partial charge in [-0.1, -0.05) is 238 Å². The van der Waals surface area contributed by atoms with Crippen LogP contribution >= 0.6 is 0 Å². The van der Waals surface area contributed by atoms with Gasteiger partial charge in [-0.05, 0) is 58.3 Å². The summed E-state index contributed by atoms with van der Waals surface area (Å²) in [5.41, 5.74) is 0. The van der Waals surface area contributed by atoms with Crippen molar-refractivity contribution in [3.05, 3.63) is 60.7 Å². The van der Waals surface area contributed by atoms with E-state index in [1.165, 1.54) is 152 Å². The molecule has 0 amide bonds. The molecule has 0 aliphatic carbocycles. The molecule has 2 rings (SSSR count). The van der Waals surface area contributed by atoms with Crippen LogP contribution in [0.4, 0.5) is 0 Å². The molecule has 0 aliphatic rings. The summed E-state index contributed by atoms with van der Waals surface area (Å²) in [7, 11) is -2.46. The fraction of sp³-hybridized carbons (Fsp3) is 0.750. The molecular weight excluding hydrogens is 621 g/mol. The highest BCUT2D eigenvalue weighted by molar-refractivity contribution is 6.99. The third-order valence-electron chi connectivity index (χ3n) is 11.5. The van der Waals surface area contributed by atoms with Gasteiger partial charge in [0.25, 0.3) is 8.32 Å². The molecule has 0 N–H and O–H groups in total. The van der Waals surface area contributed by atoms with Crippen LogP contribution in [0.1, 0.15) is 197 Å². The highest BCUT2D eigenvalue weighted by Crippen LogP contribution is 2.37. The number of rotatable bonds is 30. The van der Waals surface area contributed by atoms with Gasteiger partial charge in [-0.3, -0.25) is 0 Å². The zero-order chi connectivity index (χ0) is 36.5. The normalized spacial score (nSPS) is 14.8. The number of benzene rings is 2. The van der Waals surface area contributed by atoms with Crippen molar-refractivity contribution in [1.29, 1.82) is 0 Å². The van der Waals surface area contributed by atoms with E-state index in [2.05, 4.69) is 116 Å². The van der Waals surface area contributed by atoms with Crippen molar-refractivity contribution in [3.63, 3.8) is 0 Å². The molecule has 0 bridgehead atoms. The minimum Gasteiger partial charge on any atom is -0.407 e. The van der Waals surface area contributed by atoms with Crippen molar-refractivity contribution in [1.82, 2.24) is 0 Å². The first-order valence-electron chi connectivity index (χ1n) is 21.8. The minimum atomic E-state index is -2.46. The lowest BCUT2D eigenvalue weighted by molar-refractivity contribution is 0.212. The highest BCUT2D eigenvalue weighted by atomic mass is 28.4. The van der Waals surface area contributed by atoms with Gasteiger partial charge < -0.3 is 4.43 Å². The molecule has 1 nitrogen and oxygen atoms in total. The Hall–Kier alpha value is -1.38. The summed E-state index contributed by atoms with van der Waals surface area (Å²) in [6.07, 6.45) is 31.6. The Morgan fingerprint density at radius 3 is 1.18 bits per heavy atom. The van der Waals surface area contributed by atoms with Gasteiger partial charge in [0.15, 0.2) is 0 Å². The molecule has 286 valence electrons. The smallest absolute Gasteiger partial charge is 0.261 e. The van der Waals surface area contributed by atoms with Gasteiger partial charge in [0.2, 0.25) is 0 Å². The van der Waals surface area contributed by atoms with E-state index in [1.54, 1.807) is 0 Å². The maximum absolute atomic E-state index is 7.26. The molecule has 0 spiro atoms. The molecule has 0 saturated carbocycles. The molecule has 0 aliphatic heterocycles. The second-order valence-corrected chi connectivity index (χ2v) is 22.2. The summed E-state index contributed by atoms with van der Waals surface area (Å²) in [4.78, 5) is 0. The van der Waals surface area contributed by atoms with Crippen LogP contribution in [0.15, 0.2) is 60.7 Å². The molecule has 2 aromatic carbocycles. The summed E-state index contributed by atoms with van der Waals surface area (Å²) >= 11 is 0. The van der Waals surface area contributed by atoms with Crippen LogP contribution in [-0.2, 0) is 4.43 Å². The maximum atomic E-state index is 7.26. The molecule has 0 radical (unpaired) electrons. The monoisotopic (exact) mass is 705 g/mol. The van der Waals surface area contributed by atoms with Gasteiger partial charge in [0, 0.05) is 6.61 Å². The molecule has 0 fully saturated rings. The molecule has 0 heterocycles. The first-order chi connectivity index (χ1) is 24.1. The van der Waals surface area contributed by atoms with Crippen molar-refractivity contribution in [2.75, 3.05) is 6.61 Å². The molecule has 0 saturated heterocycles. The summed E-state index contributed by atoms with van der Waals surface area (Å²) in [6, 6.07) is 22.2. The predicted octanol–water partition coefficient (Wildman–Crippen LogP) is 14.7. The maximum Gasteiger partial charge on any atom is 0.261 e. The first-order valence-corrected chi connectivity index (χ1v) is 23.8. The van der Waals surface area contributed by atoms with Gasteiger partial charge in [0.1, 0.15) is 0 Å². The zero-order valence-electron chi connectivity index (χ0n) is 34.8. The molecular formula is C48H84OSi. The molecule has 0 aromatic heterocycles. The summed E-state index contributed by atoms with van der Waals surface area (Å²) < 4.78 is 7.26. The standard InChI is InChI=1S/C48H84OSi/c1-9-10-11-12-13-14-15-16-17-18-19-20-21-22-23-24-25-28-33-42(2)38-43(3)39-44(4)40-45(5)41-49-50(48(6,7)8,46-34-29-26-30-35-46)47-36-31-27-32-37-47/h26-27,29-32,34-37,42-45H,9-25,28,33,38-41H2,1-8H3/t42-,43-,44-,45-/m1/s1. The Bertz CT molecular complexity index is 1000. The van der Waals surface area contributed by atoms with Gasteiger partial charge in [-0.15, -0.1) is 0 Å². The van der Waals surface area contributed by atoms with Gasteiger partial charge in [-0.2, -0.15) is 0 Å². The van der Waals surface area contributed by atoms with Crippen molar-refractivity contribution < 1.29 is 4.43 Å². The van der Waals surface area contributed by atoms with E-state index in [0.29, 0.717) is 5.92 Å². The molecule has 4 atom stereocenters. The lowest BCUT2D eigenvalue weighted by atomic mass is 9.84. The average Bonchev–Trinajstić information content (AvgIpc) is 3.08. The van der Waals surface area contributed by atoms with E-state index >= 15 is 0 Å². The van der Waals surface area contributed by atoms with Crippen LogP contribution in [0.25, 0.3) is 0 Å².